The maximum absolute atomic E-state index is 12.5. The molecule has 0 bridgehead atoms. The van der Waals surface area contributed by atoms with E-state index in [1.807, 2.05) is 45.0 Å². The van der Waals surface area contributed by atoms with Gasteiger partial charge < -0.3 is 14.6 Å². The van der Waals surface area contributed by atoms with Crippen molar-refractivity contribution in [3.8, 4) is 0 Å². The van der Waals surface area contributed by atoms with E-state index in [2.05, 4.69) is 15.3 Å². The van der Waals surface area contributed by atoms with E-state index in [1.54, 1.807) is 29.1 Å². The van der Waals surface area contributed by atoms with Crippen LogP contribution in [-0.2, 0) is 16.1 Å². The molecule has 7 nitrogen and oxygen atoms in total. The van der Waals surface area contributed by atoms with Crippen LogP contribution < -0.4 is 5.32 Å². The summed E-state index contributed by atoms with van der Waals surface area (Å²) >= 11 is 0. The van der Waals surface area contributed by atoms with E-state index in [-0.39, 0.29) is 24.5 Å². The van der Waals surface area contributed by atoms with E-state index in [0.29, 0.717) is 11.4 Å². The number of hydrogen-bond donors (Lipinski definition) is 1. The summed E-state index contributed by atoms with van der Waals surface area (Å²) in [5.74, 6) is 0.0228. The van der Waals surface area contributed by atoms with Crippen LogP contribution in [0.25, 0.3) is 11.0 Å². The molecule has 27 heavy (non-hydrogen) atoms. The third kappa shape index (κ3) is 4.31. The number of amides is 1. The Morgan fingerprint density at radius 1 is 1.11 bits per heavy atom. The highest BCUT2D eigenvalue weighted by molar-refractivity contribution is 5.94. The van der Waals surface area contributed by atoms with Gasteiger partial charge in [0.1, 0.15) is 12.4 Å². The van der Waals surface area contributed by atoms with E-state index in [0.717, 1.165) is 11.0 Å². The molecule has 1 unspecified atom stereocenters. The van der Waals surface area contributed by atoms with E-state index in [9.17, 15) is 9.59 Å². The Labute approximate surface area is 157 Å². The SMILES string of the molecule is CC(C)OC(=O)Cn1c(C(C)NC(=O)c2ccncc2)nc2ccccc21. The van der Waals surface area contributed by atoms with Crippen molar-refractivity contribution < 1.29 is 14.3 Å². The summed E-state index contributed by atoms with van der Waals surface area (Å²) in [6.07, 6.45) is 2.94. The van der Waals surface area contributed by atoms with Crippen molar-refractivity contribution in [1.29, 1.82) is 0 Å². The van der Waals surface area contributed by atoms with Gasteiger partial charge >= 0.3 is 5.97 Å². The topological polar surface area (TPSA) is 86.1 Å². The van der Waals surface area contributed by atoms with Crippen LogP contribution in [-0.4, -0.2) is 32.5 Å². The number of pyridine rings is 1. The number of ether oxygens (including phenoxy) is 1. The van der Waals surface area contributed by atoms with Crippen molar-refractivity contribution in [3.63, 3.8) is 0 Å². The Hall–Kier alpha value is -3.22. The lowest BCUT2D eigenvalue weighted by Crippen LogP contribution is -2.29. The molecule has 2 aromatic heterocycles. The van der Waals surface area contributed by atoms with Crippen molar-refractivity contribution in [2.45, 2.75) is 39.5 Å². The minimum absolute atomic E-state index is 0.0312. The summed E-state index contributed by atoms with van der Waals surface area (Å²) in [4.78, 5) is 33.2. The molecule has 140 valence electrons. The first-order valence-corrected chi connectivity index (χ1v) is 8.81. The molecule has 1 N–H and O–H groups in total. The summed E-state index contributed by atoms with van der Waals surface area (Å²) in [5.41, 5.74) is 2.09. The zero-order valence-corrected chi connectivity index (χ0v) is 15.5. The lowest BCUT2D eigenvalue weighted by atomic mass is 10.2. The van der Waals surface area contributed by atoms with Crippen LogP contribution in [0.5, 0.6) is 0 Å². The van der Waals surface area contributed by atoms with Crippen LogP contribution in [0.2, 0.25) is 0 Å². The minimum Gasteiger partial charge on any atom is -0.462 e. The number of rotatable bonds is 6. The number of nitrogens with zero attached hydrogens (tertiary/aromatic N) is 3. The summed E-state index contributed by atoms with van der Waals surface area (Å²) in [5, 5.41) is 2.93. The number of nitrogens with one attached hydrogen (secondary N) is 1. The Kier molecular flexibility index (Phi) is 5.49. The number of imidazole rings is 1. The molecular formula is C20H22N4O3. The molecule has 2 heterocycles. The predicted molar refractivity (Wildman–Crippen MR) is 101 cm³/mol. The molecule has 0 aliphatic carbocycles. The number of esters is 1. The zero-order chi connectivity index (χ0) is 19.4. The van der Waals surface area contributed by atoms with Crippen molar-refractivity contribution >= 4 is 22.9 Å². The molecule has 0 spiro atoms. The smallest absolute Gasteiger partial charge is 0.326 e. The monoisotopic (exact) mass is 366 g/mol. The third-order valence-corrected chi connectivity index (χ3v) is 4.02. The van der Waals surface area contributed by atoms with Gasteiger partial charge in [0.15, 0.2) is 0 Å². The summed E-state index contributed by atoms with van der Waals surface area (Å²) in [6.45, 7) is 5.48. The molecule has 1 atom stereocenters. The van der Waals surface area contributed by atoms with Gasteiger partial charge in [0.05, 0.1) is 23.2 Å². The average Bonchev–Trinajstić information content (AvgIpc) is 3.00. The van der Waals surface area contributed by atoms with Gasteiger partial charge in [0, 0.05) is 18.0 Å². The normalized spacial score (nSPS) is 12.1. The number of para-hydroxylation sites is 2. The van der Waals surface area contributed by atoms with Gasteiger partial charge in [0.2, 0.25) is 0 Å². The number of benzene rings is 1. The Morgan fingerprint density at radius 3 is 2.52 bits per heavy atom. The fourth-order valence-electron chi connectivity index (χ4n) is 2.87. The lowest BCUT2D eigenvalue weighted by molar-refractivity contribution is -0.148. The quantitative estimate of drug-likeness (QED) is 0.678. The highest BCUT2D eigenvalue weighted by Gasteiger charge is 2.21. The van der Waals surface area contributed by atoms with Crippen LogP contribution in [0.3, 0.4) is 0 Å². The van der Waals surface area contributed by atoms with Crippen molar-refractivity contribution in [1.82, 2.24) is 19.9 Å². The fourth-order valence-corrected chi connectivity index (χ4v) is 2.87. The van der Waals surface area contributed by atoms with Crippen molar-refractivity contribution in [2.24, 2.45) is 0 Å². The molecular weight excluding hydrogens is 344 g/mol. The van der Waals surface area contributed by atoms with Crippen molar-refractivity contribution in [3.05, 3.63) is 60.2 Å². The number of fused-ring (bicyclic) bond motifs is 1. The second-order valence-corrected chi connectivity index (χ2v) is 6.51. The first-order valence-electron chi connectivity index (χ1n) is 8.81. The van der Waals surface area contributed by atoms with Gasteiger partial charge in [-0.05, 0) is 45.0 Å². The fraction of sp³-hybridized carbons (Fsp3) is 0.300. The number of carbonyl (C=O) groups is 2. The highest BCUT2D eigenvalue weighted by atomic mass is 16.5. The van der Waals surface area contributed by atoms with Gasteiger partial charge in [-0.2, -0.15) is 0 Å². The molecule has 1 aromatic carbocycles. The molecule has 7 heteroatoms. The van der Waals surface area contributed by atoms with Gasteiger partial charge in [-0.15, -0.1) is 0 Å². The molecule has 0 radical (unpaired) electrons. The highest BCUT2D eigenvalue weighted by Crippen LogP contribution is 2.21. The molecule has 1 amide bonds. The average molecular weight is 366 g/mol. The standard InChI is InChI=1S/C20H22N4O3/c1-13(2)27-18(25)12-24-17-7-5-4-6-16(17)23-19(24)14(3)22-20(26)15-8-10-21-11-9-15/h4-11,13-14H,12H2,1-3H3,(H,22,26). The van der Waals surface area contributed by atoms with Gasteiger partial charge in [-0.3, -0.25) is 14.6 Å². The summed E-state index contributed by atoms with van der Waals surface area (Å²) in [6, 6.07) is 10.4. The number of hydrogen-bond acceptors (Lipinski definition) is 5. The second kappa shape index (κ2) is 7.99. The lowest BCUT2D eigenvalue weighted by Gasteiger charge is -2.16. The largest absolute Gasteiger partial charge is 0.462 e. The molecule has 0 aliphatic heterocycles. The van der Waals surface area contributed by atoms with E-state index >= 15 is 0 Å². The van der Waals surface area contributed by atoms with Gasteiger partial charge in [0.25, 0.3) is 5.91 Å². The predicted octanol–water partition coefficient (Wildman–Crippen LogP) is 2.87. The first kappa shape index (κ1) is 18.6. The molecule has 3 aromatic rings. The summed E-state index contributed by atoms with van der Waals surface area (Å²) < 4.78 is 7.06. The number of carbonyl (C=O) groups excluding carboxylic acids is 2. The first-order chi connectivity index (χ1) is 13.0. The second-order valence-electron chi connectivity index (χ2n) is 6.51. The van der Waals surface area contributed by atoms with Crippen LogP contribution in [0.1, 0.15) is 43.0 Å². The Balaban J connectivity index is 1.89. The van der Waals surface area contributed by atoms with Crippen LogP contribution in [0.15, 0.2) is 48.8 Å². The molecule has 0 saturated carbocycles. The Bertz CT molecular complexity index is 950. The van der Waals surface area contributed by atoms with E-state index in [1.165, 1.54) is 0 Å². The molecule has 0 fully saturated rings. The van der Waals surface area contributed by atoms with Gasteiger partial charge in [-0.25, -0.2) is 4.98 Å². The van der Waals surface area contributed by atoms with E-state index < -0.39 is 6.04 Å². The molecule has 3 rings (SSSR count). The van der Waals surface area contributed by atoms with Crippen LogP contribution >= 0.6 is 0 Å². The van der Waals surface area contributed by atoms with Crippen molar-refractivity contribution in [2.75, 3.05) is 0 Å². The maximum Gasteiger partial charge on any atom is 0.326 e. The van der Waals surface area contributed by atoms with Gasteiger partial charge in [-0.1, -0.05) is 12.1 Å². The minimum atomic E-state index is -0.398. The Morgan fingerprint density at radius 2 is 1.81 bits per heavy atom. The van der Waals surface area contributed by atoms with Crippen LogP contribution in [0.4, 0.5) is 0 Å². The third-order valence-electron chi connectivity index (χ3n) is 4.02. The summed E-state index contributed by atoms with van der Waals surface area (Å²) in [7, 11) is 0. The zero-order valence-electron chi connectivity index (χ0n) is 15.5. The number of aromatic nitrogens is 3. The molecule has 0 aliphatic rings. The maximum atomic E-state index is 12.5. The molecule has 0 saturated heterocycles. The van der Waals surface area contributed by atoms with Crippen LogP contribution in [0, 0.1) is 0 Å². The van der Waals surface area contributed by atoms with E-state index in [4.69, 9.17) is 4.74 Å².